The van der Waals surface area contributed by atoms with Gasteiger partial charge in [0.2, 0.25) is 5.76 Å². The Morgan fingerprint density at radius 2 is 1.86 bits per heavy atom. The molecule has 1 heterocycles. The van der Waals surface area contributed by atoms with Crippen molar-refractivity contribution >= 4 is 17.9 Å². The van der Waals surface area contributed by atoms with Crippen molar-refractivity contribution in [2.75, 3.05) is 0 Å². The third-order valence-electron chi connectivity index (χ3n) is 4.53. The van der Waals surface area contributed by atoms with E-state index in [1.807, 2.05) is 0 Å². The first-order valence-electron chi connectivity index (χ1n) is 9.11. The number of nitrogens with one attached hydrogen (secondary N) is 2. The van der Waals surface area contributed by atoms with E-state index in [0.717, 1.165) is 25.7 Å². The number of esters is 1. The highest BCUT2D eigenvalue weighted by molar-refractivity contribution is 5.98. The van der Waals surface area contributed by atoms with Gasteiger partial charge in [0, 0.05) is 6.04 Å². The number of urea groups is 1. The summed E-state index contributed by atoms with van der Waals surface area (Å²) in [5, 5.41) is 4.87. The molecule has 0 aliphatic heterocycles. The second-order valence-electron chi connectivity index (χ2n) is 6.64. The van der Waals surface area contributed by atoms with Gasteiger partial charge >= 0.3 is 12.0 Å². The molecule has 2 aromatic rings. The first-order valence-corrected chi connectivity index (χ1v) is 9.11. The van der Waals surface area contributed by atoms with Crippen molar-refractivity contribution in [1.29, 1.82) is 0 Å². The molecular weight excluding hydrogens is 367 g/mol. The molecule has 1 aromatic carbocycles. The van der Waals surface area contributed by atoms with Crippen LogP contribution in [-0.2, 0) is 9.53 Å². The fourth-order valence-electron chi connectivity index (χ4n) is 3.03. The lowest BCUT2D eigenvalue weighted by Gasteiger charge is -2.15. The van der Waals surface area contributed by atoms with Crippen molar-refractivity contribution in [3.8, 4) is 11.3 Å². The first kappa shape index (κ1) is 19.6. The minimum absolute atomic E-state index is 0.0607. The van der Waals surface area contributed by atoms with Gasteiger partial charge in [-0.3, -0.25) is 10.1 Å². The van der Waals surface area contributed by atoms with Crippen molar-refractivity contribution in [2.24, 2.45) is 0 Å². The Hall–Kier alpha value is -3.16. The largest absolute Gasteiger partial charge is 0.449 e. The smallest absolute Gasteiger partial charge is 0.375 e. The molecule has 148 valence electrons. The van der Waals surface area contributed by atoms with Crippen molar-refractivity contribution in [2.45, 2.75) is 44.8 Å². The molecule has 0 unspecified atom stereocenters. The van der Waals surface area contributed by atoms with Crippen LogP contribution in [-0.4, -0.2) is 30.1 Å². The molecule has 3 amide bonds. The van der Waals surface area contributed by atoms with E-state index in [2.05, 4.69) is 10.6 Å². The Balaban J connectivity index is 1.54. The SMILES string of the molecule is C[C@H](OC(=O)c1ccc(-c2ccccc2F)o1)C(=O)NC(=O)NC1CCCC1. The monoisotopic (exact) mass is 388 g/mol. The van der Waals surface area contributed by atoms with E-state index in [0.29, 0.717) is 0 Å². The Labute approximate surface area is 161 Å². The third kappa shape index (κ3) is 4.76. The van der Waals surface area contributed by atoms with Crippen molar-refractivity contribution < 1.29 is 27.9 Å². The summed E-state index contributed by atoms with van der Waals surface area (Å²) in [5.74, 6) is -2.13. The highest BCUT2D eigenvalue weighted by atomic mass is 19.1. The molecule has 2 N–H and O–H groups in total. The van der Waals surface area contributed by atoms with Gasteiger partial charge in [0.05, 0.1) is 5.56 Å². The number of halogens is 1. The lowest BCUT2D eigenvalue weighted by atomic mass is 10.1. The average Bonchev–Trinajstić information content (AvgIpc) is 3.33. The third-order valence-corrected chi connectivity index (χ3v) is 4.53. The minimum atomic E-state index is -1.20. The van der Waals surface area contributed by atoms with Gasteiger partial charge in [-0.2, -0.15) is 0 Å². The summed E-state index contributed by atoms with van der Waals surface area (Å²) in [5.41, 5.74) is 0.205. The molecular formula is C20H21FN2O5. The van der Waals surface area contributed by atoms with Crippen LogP contribution in [0.4, 0.5) is 9.18 Å². The summed E-state index contributed by atoms with van der Waals surface area (Å²) in [4.78, 5) is 36.0. The van der Waals surface area contributed by atoms with Crippen LogP contribution in [0, 0.1) is 5.82 Å². The van der Waals surface area contributed by atoms with Gasteiger partial charge in [0.25, 0.3) is 5.91 Å². The quantitative estimate of drug-likeness (QED) is 0.765. The van der Waals surface area contributed by atoms with E-state index in [4.69, 9.17) is 9.15 Å². The van der Waals surface area contributed by atoms with Crippen molar-refractivity contribution in [3.05, 3.63) is 48.0 Å². The Morgan fingerprint density at radius 1 is 1.14 bits per heavy atom. The molecule has 1 fully saturated rings. The zero-order valence-electron chi connectivity index (χ0n) is 15.4. The zero-order chi connectivity index (χ0) is 20.1. The standard InChI is InChI=1S/C20H21FN2O5/c1-12(18(24)23-20(26)22-13-6-2-3-7-13)27-19(25)17-11-10-16(28-17)14-8-4-5-9-15(14)21/h4-5,8-13H,2-3,6-7H2,1H3,(H2,22,23,24,26)/t12-/m0/s1. The van der Waals surface area contributed by atoms with Crippen LogP contribution in [0.1, 0.15) is 43.2 Å². The predicted octanol–water partition coefficient (Wildman–Crippen LogP) is 3.40. The number of carbonyl (C=O) groups excluding carboxylic acids is 3. The van der Waals surface area contributed by atoms with Crippen LogP contribution in [0.2, 0.25) is 0 Å². The van der Waals surface area contributed by atoms with Crippen LogP contribution >= 0.6 is 0 Å². The second kappa shape index (κ2) is 8.69. The number of imide groups is 1. The topological polar surface area (TPSA) is 97.6 Å². The molecule has 3 rings (SSSR count). The molecule has 0 bridgehead atoms. The second-order valence-corrected chi connectivity index (χ2v) is 6.64. The first-order chi connectivity index (χ1) is 13.4. The molecule has 1 atom stereocenters. The number of hydrogen-bond acceptors (Lipinski definition) is 5. The Bertz CT molecular complexity index is 873. The highest BCUT2D eigenvalue weighted by Crippen LogP contribution is 2.25. The highest BCUT2D eigenvalue weighted by Gasteiger charge is 2.24. The van der Waals surface area contributed by atoms with Crippen LogP contribution < -0.4 is 10.6 Å². The van der Waals surface area contributed by atoms with Gasteiger partial charge < -0.3 is 14.5 Å². The number of hydrogen-bond donors (Lipinski definition) is 2. The molecule has 1 aliphatic rings. The van der Waals surface area contributed by atoms with Crippen LogP contribution in [0.15, 0.2) is 40.8 Å². The summed E-state index contributed by atoms with van der Waals surface area (Å²) in [6.07, 6.45) is 2.66. The number of amides is 3. The van der Waals surface area contributed by atoms with Gasteiger partial charge in [-0.05, 0) is 44.0 Å². The summed E-state index contributed by atoms with van der Waals surface area (Å²) in [7, 11) is 0. The maximum atomic E-state index is 13.8. The normalized spacial score (nSPS) is 15.1. The molecule has 0 spiro atoms. The van der Waals surface area contributed by atoms with Crippen LogP contribution in [0.5, 0.6) is 0 Å². The summed E-state index contributed by atoms with van der Waals surface area (Å²) >= 11 is 0. The lowest BCUT2D eigenvalue weighted by molar-refractivity contribution is -0.128. The number of carbonyl (C=O) groups is 3. The van der Waals surface area contributed by atoms with E-state index >= 15 is 0 Å². The number of ether oxygens (including phenoxy) is 1. The van der Waals surface area contributed by atoms with Crippen molar-refractivity contribution in [3.63, 3.8) is 0 Å². The van der Waals surface area contributed by atoms with Gasteiger partial charge in [-0.25, -0.2) is 14.0 Å². The number of furan rings is 1. The van der Waals surface area contributed by atoms with E-state index in [-0.39, 0.29) is 23.1 Å². The van der Waals surface area contributed by atoms with Gasteiger partial charge in [0.15, 0.2) is 6.10 Å². The van der Waals surface area contributed by atoms with Gasteiger partial charge in [0.1, 0.15) is 11.6 Å². The van der Waals surface area contributed by atoms with Crippen molar-refractivity contribution in [1.82, 2.24) is 10.6 Å². The molecule has 1 aliphatic carbocycles. The van der Waals surface area contributed by atoms with Crippen LogP contribution in [0.3, 0.4) is 0 Å². The average molecular weight is 388 g/mol. The summed E-state index contributed by atoms with van der Waals surface area (Å²) in [6, 6.07) is 8.20. The summed E-state index contributed by atoms with van der Waals surface area (Å²) < 4.78 is 24.2. The summed E-state index contributed by atoms with van der Waals surface area (Å²) in [6.45, 7) is 1.34. The molecule has 28 heavy (non-hydrogen) atoms. The van der Waals surface area contributed by atoms with E-state index in [1.165, 1.54) is 31.2 Å². The van der Waals surface area contributed by atoms with Crippen LogP contribution in [0.25, 0.3) is 11.3 Å². The fourth-order valence-corrected chi connectivity index (χ4v) is 3.03. The van der Waals surface area contributed by atoms with E-state index < -0.39 is 29.8 Å². The maximum absolute atomic E-state index is 13.8. The molecule has 0 radical (unpaired) electrons. The number of rotatable bonds is 5. The minimum Gasteiger partial charge on any atom is -0.449 e. The predicted molar refractivity (Wildman–Crippen MR) is 97.9 cm³/mol. The Kier molecular flexibility index (Phi) is 6.08. The van der Waals surface area contributed by atoms with Gasteiger partial charge in [-0.15, -0.1) is 0 Å². The number of benzene rings is 1. The fraction of sp³-hybridized carbons (Fsp3) is 0.350. The molecule has 1 aromatic heterocycles. The lowest BCUT2D eigenvalue weighted by Crippen LogP contribution is -2.47. The van der Waals surface area contributed by atoms with E-state index in [9.17, 15) is 18.8 Å². The van der Waals surface area contributed by atoms with Gasteiger partial charge in [-0.1, -0.05) is 25.0 Å². The molecule has 7 nitrogen and oxygen atoms in total. The maximum Gasteiger partial charge on any atom is 0.375 e. The van der Waals surface area contributed by atoms with E-state index in [1.54, 1.807) is 12.1 Å². The molecule has 0 saturated heterocycles. The molecule has 8 heteroatoms. The Morgan fingerprint density at radius 3 is 2.57 bits per heavy atom. The molecule has 1 saturated carbocycles. The zero-order valence-corrected chi connectivity index (χ0v) is 15.4.